The summed E-state index contributed by atoms with van der Waals surface area (Å²) in [5.41, 5.74) is 0.814. The SMILES string of the molecule is O=[N+]([O-])c1ccncc1N1CCCCC1. The van der Waals surface area contributed by atoms with Gasteiger partial charge in [0.25, 0.3) is 5.69 Å². The molecule has 1 aliphatic heterocycles. The van der Waals surface area contributed by atoms with E-state index in [4.69, 9.17) is 0 Å². The number of aromatic nitrogens is 1. The van der Waals surface area contributed by atoms with Crippen molar-refractivity contribution in [2.75, 3.05) is 18.0 Å². The highest BCUT2D eigenvalue weighted by Crippen LogP contribution is 2.28. The minimum absolute atomic E-state index is 0.159. The molecule has 0 amide bonds. The summed E-state index contributed by atoms with van der Waals surface area (Å²) in [5.74, 6) is 0. The van der Waals surface area contributed by atoms with Crippen LogP contribution in [-0.2, 0) is 0 Å². The number of piperidine rings is 1. The first kappa shape index (κ1) is 9.89. The van der Waals surface area contributed by atoms with E-state index in [2.05, 4.69) is 9.88 Å². The molecule has 0 aromatic carbocycles. The maximum atomic E-state index is 10.8. The summed E-state index contributed by atoms with van der Waals surface area (Å²) in [7, 11) is 0. The van der Waals surface area contributed by atoms with Crippen LogP contribution in [0.25, 0.3) is 0 Å². The standard InChI is InChI=1S/C10H13N3O2/c14-13(15)9-4-5-11-8-10(9)12-6-2-1-3-7-12/h4-5,8H,1-3,6-7H2. The molecular formula is C10H13N3O2. The van der Waals surface area contributed by atoms with Crippen LogP contribution in [0.4, 0.5) is 11.4 Å². The van der Waals surface area contributed by atoms with Gasteiger partial charge in [-0.05, 0) is 19.3 Å². The molecule has 0 spiro atoms. The van der Waals surface area contributed by atoms with E-state index in [0.29, 0.717) is 5.69 Å². The first-order valence-electron chi connectivity index (χ1n) is 5.12. The van der Waals surface area contributed by atoms with Crippen molar-refractivity contribution in [3.8, 4) is 0 Å². The molecule has 2 rings (SSSR count). The zero-order valence-electron chi connectivity index (χ0n) is 8.43. The molecule has 5 nitrogen and oxygen atoms in total. The molecule has 15 heavy (non-hydrogen) atoms. The molecule has 2 heterocycles. The molecule has 1 aliphatic rings. The third-order valence-corrected chi connectivity index (χ3v) is 2.67. The summed E-state index contributed by atoms with van der Waals surface area (Å²) in [5, 5.41) is 10.8. The Bertz CT molecular complexity index is 361. The molecule has 0 aliphatic carbocycles. The number of rotatable bonds is 2. The van der Waals surface area contributed by atoms with E-state index < -0.39 is 0 Å². The van der Waals surface area contributed by atoms with Crippen LogP contribution in [0.3, 0.4) is 0 Å². The van der Waals surface area contributed by atoms with Crippen molar-refractivity contribution in [1.29, 1.82) is 0 Å². The Hall–Kier alpha value is -1.65. The van der Waals surface area contributed by atoms with Gasteiger partial charge in [0.2, 0.25) is 0 Å². The summed E-state index contributed by atoms with van der Waals surface area (Å²) < 4.78 is 0. The Morgan fingerprint density at radius 2 is 2.07 bits per heavy atom. The number of hydrogen-bond acceptors (Lipinski definition) is 4. The summed E-state index contributed by atoms with van der Waals surface area (Å²) in [6, 6.07) is 1.46. The maximum absolute atomic E-state index is 10.8. The van der Waals surface area contributed by atoms with Crippen LogP contribution in [0, 0.1) is 10.1 Å². The van der Waals surface area contributed by atoms with Crippen molar-refractivity contribution in [1.82, 2.24) is 4.98 Å². The first-order chi connectivity index (χ1) is 7.29. The van der Waals surface area contributed by atoms with Crippen LogP contribution in [0.2, 0.25) is 0 Å². The van der Waals surface area contributed by atoms with Crippen molar-refractivity contribution in [2.24, 2.45) is 0 Å². The van der Waals surface area contributed by atoms with Crippen molar-refractivity contribution in [2.45, 2.75) is 19.3 Å². The zero-order chi connectivity index (χ0) is 10.7. The Morgan fingerprint density at radius 1 is 1.33 bits per heavy atom. The Labute approximate surface area is 87.9 Å². The van der Waals surface area contributed by atoms with Crippen LogP contribution in [-0.4, -0.2) is 23.0 Å². The van der Waals surface area contributed by atoms with Crippen molar-refractivity contribution in [3.05, 3.63) is 28.6 Å². The number of hydrogen-bond donors (Lipinski definition) is 0. The van der Waals surface area contributed by atoms with Gasteiger partial charge >= 0.3 is 0 Å². The van der Waals surface area contributed by atoms with Gasteiger partial charge < -0.3 is 4.90 Å². The van der Waals surface area contributed by atoms with E-state index in [1.54, 1.807) is 6.20 Å². The first-order valence-corrected chi connectivity index (χ1v) is 5.12. The average molecular weight is 207 g/mol. The molecule has 0 radical (unpaired) electrons. The fourth-order valence-electron chi connectivity index (χ4n) is 1.91. The fraction of sp³-hybridized carbons (Fsp3) is 0.500. The maximum Gasteiger partial charge on any atom is 0.295 e. The second-order valence-electron chi connectivity index (χ2n) is 3.67. The van der Waals surface area contributed by atoms with Crippen molar-refractivity contribution < 1.29 is 4.92 Å². The van der Waals surface area contributed by atoms with Gasteiger partial charge in [0, 0.05) is 25.4 Å². The van der Waals surface area contributed by atoms with Crippen LogP contribution >= 0.6 is 0 Å². The van der Waals surface area contributed by atoms with Crippen LogP contribution in [0.15, 0.2) is 18.5 Å². The second-order valence-corrected chi connectivity index (χ2v) is 3.67. The molecule has 0 unspecified atom stereocenters. The highest BCUT2D eigenvalue weighted by molar-refractivity contribution is 5.61. The van der Waals surface area contributed by atoms with E-state index in [9.17, 15) is 10.1 Å². The van der Waals surface area contributed by atoms with Gasteiger partial charge in [-0.25, -0.2) is 0 Å². The molecule has 1 fully saturated rings. The summed E-state index contributed by atoms with van der Waals surface area (Å²) in [6.45, 7) is 1.79. The van der Waals surface area contributed by atoms with Gasteiger partial charge in [0.15, 0.2) is 0 Å². The molecule has 1 aromatic rings. The van der Waals surface area contributed by atoms with Crippen molar-refractivity contribution >= 4 is 11.4 Å². The normalized spacial score (nSPS) is 16.4. The van der Waals surface area contributed by atoms with E-state index in [1.807, 2.05) is 0 Å². The quantitative estimate of drug-likeness (QED) is 0.549. The minimum Gasteiger partial charge on any atom is -0.365 e. The number of nitro groups is 1. The molecule has 0 bridgehead atoms. The van der Waals surface area contributed by atoms with Gasteiger partial charge in [-0.2, -0.15) is 0 Å². The lowest BCUT2D eigenvalue weighted by atomic mass is 10.1. The molecular weight excluding hydrogens is 194 g/mol. The monoisotopic (exact) mass is 207 g/mol. The summed E-state index contributed by atoms with van der Waals surface area (Å²) >= 11 is 0. The van der Waals surface area contributed by atoms with Gasteiger partial charge in [0.1, 0.15) is 5.69 Å². The predicted octanol–water partition coefficient (Wildman–Crippen LogP) is 1.98. The molecule has 1 saturated heterocycles. The molecule has 1 aromatic heterocycles. The lowest BCUT2D eigenvalue weighted by Crippen LogP contribution is -2.30. The summed E-state index contributed by atoms with van der Waals surface area (Å²) in [4.78, 5) is 16.5. The smallest absolute Gasteiger partial charge is 0.295 e. The molecule has 5 heteroatoms. The fourth-order valence-corrected chi connectivity index (χ4v) is 1.91. The number of anilines is 1. The Morgan fingerprint density at radius 3 is 2.73 bits per heavy atom. The van der Waals surface area contributed by atoms with E-state index in [0.717, 1.165) is 25.9 Å². The Balaban J connectivity index is 2.29. The molecule has 0 atom stereocenters. The number of nitrogens with zero attached hydrogens (tertiary/aromatic N) is 3. The Kier molecular flexibility index (Phi) is 2.80. The highest BCUT2D eigenvalue weighted by Gasteiger charge is 2.20. The predicted molar refractivity (Wildman–Crippen MR) is 57.0 cm³/mol. The lowest BCUT2D eigenvalue weighted by Gasteiger charge is -2.27. The van der Waals surface area contributed by atoms with E-state index in [-0.39, 0.29) is 10.6 Å². The summed E-state index contributed by atoms with van der Waals surface area (Å²) in [6.07, 6.45) is 6.47. The van der Waals surface area contributed by atoms with Gasteiger partial charge in [-0.1, -0.05) is 0 Å². The largest absolute Gasteiger partial charge is 0.365 e. The van der Waals surface area contributed by atoms with Gasteiger partial charge in [0.05, 0.1) is 11.1 Å². The third-order valence-electron chi connectivity index (χ3n) is 2.67. The van der Waals surface area contributed by atoms with Crippen LogP contribution in [0.1, 0.15) is 19.3 Å². The van der Waals surface area contributed by atoms with Gasteiger partial charge in [-0.3, -0.25) is 15.1 Å². The third kappa shape index (κ3) is 2.06. The second kappa shape index (κ2) is 4.25. The van der Waals surface area contributed by atoms with Crippen LogP contribution in [0.5, 0.6) is 0 Å². The topological polar surface area (TPSA) is 59.3 Å². The molecule has 80 valence electrons. The zero-order valence-corrected chi connectivity index (χ0v) is 8.43. The van der Waals surface area contributed by atoms with Gasteiger partial charge in [-0.15, -0.1) is 0 Å². The van der Waals surface area contributed by atoms with Crippen LogP contribution < -0.4 is 4.90 Å². The molecule has 0 N–H and O–H groups in total. The van der Waals surface area contributed by atoms with Crippen molar-refractivity contribution in [3.63, 3.8) is 0 Å². The lowest BCUT2D eigenvalue weighted by molar-refractivity contribution is -0.384. The number of pyridine rings is 1. The van der Waals surface area contributed by atoms with E-state index >= 15 is 0 Å². The highest BCUT2D eigenvalue weighted by atomic mass is 16.6. The minimum atomic E-state index is -0.342. The molecule has 0 saturated carbocycles. The van der Waals surface area contributed by atoms with E-state index in [1.165, 1.54) is 18.7 Å². The average Bonchev–Trinajstić information content (AvgIpc) is 2.30.